The molecule has 0 fully saturated rings. The van der Waals surface area contributed by atoms with Crippen molar-refractivity contribution >= 4 is 32.3 Å². The standard InChI is InChI=1S/C12H21N5O9P2/c13-12-15-10-9(11(18)16-12)14-6-17(10)4-8(5-25-7-28(22,23)24)26-2-1-3-27(19,20)21/h6,8H,1-5,7H2,(H2,19,20,21)(H2,22,23,24)(H3,13,15,16,18)/t8-/m0/s1. The maximum absolute atomic E-state index is 11.8. The number of imidazole rings is 1. The van der Waals surface area contributed by atoms with Gasteiger partial charge in [0.05, 0.1) is 31.7 Å². The van der Waals surface area contributed by atoms with Crippen LogP contribution in [0.2, 0.25) is 0 Å². The Morgan fingerprint density at radius 3 is 2.61 bits per heavy atom. The highest BCUT2D eigenvalue weighted by molar-refractivity contribution is 7.51. The number of rotatable bonds is 11. The van der Waals surface area contributed by atoms with Crippen molar-refractivity contribution in [2.75, 3.05) is 31.5 Å². The van der Waals surface area contributed by atoms with E-state index >= 15 is 0 Å². The average molecular weight is 441 g/mol. The van der Waals surface area contributed by atoms with E-state index in [1.165, 1.54) is 10.9 Å². The Bertz CT molecular complexity index is 949. The molecule has 0 amide bonds. The fourth-order valence-electron chi connectivity index (χ4n) is 2.30. The highest BCUT2D eigenvalue weighted by atomic mass is 31.2. The Kier molecular flexibility index (Phi) is 7.48. The molecule has 0 aliphatic rings. The van der Waals surface area contributed by atoms with Crippen LogP contribution in [0, 0.1) is 0 Å². The molecule has 1 atom stereocenters. The zero-order valence-corrected chi connectivity index (χ0v) is 16.3. The number of aromatic amines is 1. The minimum absolute atomic E-state index is 0.0299. The van der Waals surface area contributed by atoms with Crippen molar-refractivity contribution in [1.82, 2.24) is 19.5 Å². The molecule has 28 heavy (non-hydrogen) atoms. The summed E-state index contributed by atoms with van der Waals surface area (Å²) in [6.45, 7) is -0.208. The minimum atomic E-state index is -4.37. The lowest BCUT2D eigenvalue weighted by Crippen LogP contribution is -2.27. The van der Waals surface area contributed by atoms with Crippen LogP contribution in [0.15, 0.2) is 11.1 Å². The number of hydrogen-bond acceptors (Lipinski definition) is 8. The maximum atomic E-state index is 11.8. The van der Waals surface area contributed by atoms with Gasteiger partial charge in [0.1, 0.15) is 6.35 Å². The normalized spacial score (nSPS) is 13.9. The van der Waals surface area contributed by atoms with Gasteiger partial charge >= 0.3 is 15.2 Å². The predicted molar refractivity (Wildman–Crippen MR) is 96.7 cm³/mol. The quantitative estimate of drug-likeness (QED) is 0.179. The Balaban J connectivity index is 2.08. The molecular weight excluding hydrogens is 420 g/mol. The van der Waals surface area contributed by atoms with Crippen molar-refractivity contribution in [3.8, 4) is 0 Å². The van der Waals surface area contributed by atoms with Crippen LogP contribution in [0.3, 0.4) is 0 Å². The van der Waals surface area contributed by atoms with Crippen LogP contribution in [-0.2, 0) is 25.1 Å². The van der Waals surface area contributed by atoms with Crippen LogP contribution in [0.1, 0.15) is 6.42 Å². The van der Waals surface area contributed by atoms with Gasteiger partial charge in [-0.3, -0.25) is 18.9 Å². The largest absolute Gasteiger partial charge is 0.374 e. The summed E-state index contributed by atoms with van der Waals surface area (Å²) >= 11 is 0. The summed E-state index contributed by atoms with van der Waals surface area (Å²) in [6, 6.07) is 0. The molecule has 0 aliphatic heterocycles. The number of fused-ring (bicyclic) bond motifs is 1. The molecule has 0 aliphatic carbocycles. The van der Waals surface area contributed by atoms with Crippen molar-refractivity contribution in [3.05, 3.63) is 16.7 Å². The topological polar surface area (TPSA) is 223 Å². The molecule has 158 valence electrons. The fraction of sp³-hybridized carbons (Fsp3) is 0.583. The van der Waals surface area contributed by atoms with Gasteiger partial charge in [0, 0.05) is 6.61 Å². The van der Waals surface area contributed by atoms with E-state index < -0.39 is 33.2 Å². The number of nitrogen functional groups attached to an aromatic ring is 1. The second-order valence-electron chi connectivity index (χ2n) is 5.92. The molecular formula is C12H21N5O9P2. The van der Waals surface area contributed by atoms with Crippen LogP contribution >= 0.6 is 15.2 Å². The van der Waals surface area contributed by atoms with Gasteiger partial charge in [-0.15, -0.1) is 0 Å². The third-order valence-corrected chi connectivity index (χ3v) is 4.82. The number of anilines is 1. The van der Waals surface area contributed by atoms with E-state index in [0.29, 0.717) is 0 Å². The van der Waals surface area contributed by atoms with Gasteiger partial charge in [-0.2, -0.15) is 4.98 Å². The van der Waals surface area contributed by atoms with Crippen LogP contribution in [0.5, 0.6) is 0 Å². The van der Waals surface area contributed by atoms with E-state index in [0.717, 1.165) is 0 Å². The molecule has 0 bridgehead atoms. The van der Waals surface area contributed by atoms with E-state index in [9.17, 15) is 13.9 Å². The average Bonchev–Trinajstić information content (AvgIpc) is 2.92. The first-order chi connectivity index (χ1) is 12.9. The number of aromatic nitrogens is 4. The molecule has 2 rings (SSSR count). The maximum Gasteiger partial charge on any atom is 0.350 e. The number of hydrogen-bond donors (Lipinski definition) is 6. The van der Waals surface area contributed by atoms with Gasteiger partial charge in [0.2, 0.25) is 5.95 Å². The molecule has 7 N–H and O–H groups in total. The van der Waals surface area contributed by atoms with Gasteiger partial charge in [0.25, 0.3) is 5.56 Å². The summed E-state index contributed by atoms with van der Waals surface area (Å²) in [4.78, 5) is 57.5. The first-order valence-electron chi connectivity index (χ1n) is 7.94. The van der Waals surface area contributed by atoms with E-state index in [4.69, 9.17) is 34.8 Å². The predicted octanol–water partition coefficient (Wildman–Crippen LogP) is -1.19. The summed E-state index contributed by atoms with van der Waals surface area (Å²) < 4.78 is 33.8. The van der Waals surface area contributed by atoms with Crippen molar-refractivity contribution < 1.29 is 38.2 Å². The molecule has 0 unspecified atom stereocenters. The van der Waals surface area contributed by atoms with Crippen molar-refractivity contribution in [2.24, 2.45) is 0 Å². The molecule has 0 saturated heterocycles. The van der Waals surface area contributed by atoms with Crippen LogP contribution < -0.4 is 11.3 Å². The van der Waals surface area contributed by atoms with E-state index in [2.05, 4.69) is 15.0 Å². The molecule has 2 aromatic rings. The number of nitrogens with zero attached hydrogens (tertiary/aromatic N) is 3. The second kappa shape index (κ2) is 9.25. The highest BCUT2D eigenvalue weighted by Gasteiger charge is 2.19. The van der Waals surface area contributed by atoms with E-state index in [1.54, 1.807) is 0 Å². The zero-order chi connectivity index (χ0) is 20.9. The van der Waals surface area contributed by atoms with E-state index in [1.807, 2.05) is 0 Å². The van der Waals surface area contributed by atoms with Crippen molar-refractivity contribution in [2.45, 2.75) is 19.1 Å². The third kappa shape index (κ3) is 7.41. The zero-order valence-electron chi connectivity index (χ0n) is 14.5. The summed E-state index contributed by atoms with van der Waals surface area (Å²) in [5.74, 6) is -0.115. The molecule has 0 spiro atoms. The van der Waals surface area contributed by atoms with Gasteiger partial charge < -0.3 is 39.3 Å². The minimum Gasteiger partial charge on any atom is -0.374 e. The molecule has 2 heterocycles. The highest BCUT2D eigenvalue weighted by Crippen LogP contribution is 2.35. The number of ether oxygens (including phenoxy) is 2. The summed E-state index contributed by atoms with van der Waals surface area (Å²) in [5.41, 5.74) is 5.22. The summed E-state index contributed by atoms with van der Waals surface area (Å²) in [6.07, 6.45) is -0.561. The first-order valence-corrected chi connectivity index (χ1v) is 11.5. The molecule has 14 nitrogen and oxygen atoms in total. The lowest BCUT2D eigenvalue weighted by molar-refractivity contribution is -0.0166. The Morgan fingerprint density at radius 1 is 1.25 bits per heavy atom. The molecule has 0 saturated carbocycles. The Labute approximate surface area is 158 Å². The van der Waals surface area contributed by atoms with Crippen molar-refractivity contribution in [3.63, 3.8) is 0 Å². The monoisotopic (exact) mass is 441 g/mol. The Hall–Kier alpha value is -1.63. The summed E-state index contributed by atoms with van der Waals surface area (Å²) in [7, 11) is -8.53. The third-order valence-electron chi connectivity index (χ3n) is 3.40. The Morgan fingerprint density at radius 2 is 1.96 bits per heavy atom. The molecule has 0 radical (unpaired) electrons. The van der Waals surface area contributed by atoms with E-state index in [-0.39, 0.29) is 49.5 Å². The van der Waals surface area contributed by atoms with Gasteiger partial charge in [0.15, 0.2) is 11.2 Å². The van der Waals surface area contributed by atoms with Crippen LogP contribution in [-0.4, -0.2) is 70.9 Å². The van der Waals surface area contributed by atoms with Gasteiger partial charge in [-0.25, -0.2) is 4.98 Å². The smallest absolute Gasteiger partial charge is 0.350 e. The van der Waals surface area contributed by atoms with Gasteiger partial charge in [-0.05, 0) is 6.42 Å². The second-order valence-corrected chi connectivity index (χ2v) is 9.28. The lowest BCUT2D eigenvalue weighted by Gasteiger charge is -2.19. The molecule has 16 heteroatoms. The van der Waals surface area contributed by atoms with Crippen molar-refractivity contribution in [1.29, 1.82) is 0 Å². The number of nitrogens with one attached hydrogen (secondary N) is 1. The lowest BCUT2D eigenvalue weighted by atomic mass is 10.3. The number of nitrogens with two attached hydrogens (primary N) is 1. The number of H-pyrrole nitrogens is 1. The fourth-order valence-corrected chi connectivity index (χ4v) is 3.19. The van der Waals surface area contributed by atoms with Crippen LogP contribution in [0.4, 0.5) is 5.95 Å². The van der Waals surface area contributed by atoms with Gasteiger partial charge in [-0.1, -0.05) is 0 Å². The van der Waals surface area contributed by atoms with Crippen LogP contribution in [0.25, 0.3) is 11.2 Å². The molecule has 0 aromatic carbocycles. The molecule has 2 aromatic heterocycles. The SMILES string of the molecule is Nc1nc2c(ncn2C[C@@H](COCP(=O)(O)O)OCCCP(=O)(O)O)c(=O)[nH]1. The summed E-state index contributed by atoms with van der Waals surface area (Å²) in [5, 5.41) is 0. The first kappa shape index (κ1) is 22.7.